The Bertz CT molecular complexity index is 452. The van der Waals surface area contributed by atoms with E-state index in [1.165, 1.54) is 0 Å². The zero-order chi connectivity index (χ0) is 13.7. The summed E-state index contributed by atoms with van der Waals surface area (Å²) in [7, 11) is 0. The first kappa shape index (κ1) is 14.9. The molecule has 4 nitrogen and oxygen atoms in total. The minimum Gasteiger partial charge on any atom is -0.385 e. The van der Waals surface area contributed by atoms with Gasteiger partial charge in [-0.25, -0.2) is 4.98 Å². The summed E-state index contributed by atoms with van der Waals surface area (Å²) in [5, 5.41) is 9.81. The Labute approximate surface area is 109 Å². The van der Waals surface area contributed by atoms with E-state index >= 15 is 0 Å². The Kier molecular flexibility index (Phi) is 5.54. The van der Waals surface area contributed by atoms with Crippen molar-refractivity contribution in [2.24, 2.45) is 0 Å². The Hall–Kier alpha value is -1.16. The van der Waals surface area contributed by atoms with E-state index < -0.39 is 6.10 Å². The van der Waals surface area contributed by atoms with Crippen LogP contribution in [0.1, 0.15) is 63.2 Å². The van der Waals surface area contributed by atoms with Crippen LogP contribution < -0.4 is 5.56 Å². The summed E-state index contributed by atoms with van der Waals surface area (Å²) in [6.07, 6.45) is 2.70. The number of aliphatic hydroxyl groups is 1. The molecular formula is C14H24N2O2. The van der Waals surface area contributed by atoms with Crippen LogP contribution in [0.3, 0.4) is 0 Å². The second-order valence-corrected chi connectivity index (χ2v) is 4.40. The standard InChI is InChI=1S/C12H18N2O2.C2H6/c1-3-5-9-8(2)13-11-10(15)6-4-7-14(11)12(9)16;1-2/h10,15H,3-7H2,1-2H3;1-2H3. The molecule has 102 valence electrons. The predicted octanol–water partition coefficient (Wildman–Crippen LogP) is 2.36. The summed E-state index contributed by atoms with van der Waals surface area (Å²) in [4.78, 5) is 16.6. The van der Waals surface area contributed by atoms with E-state index in [9.17, 15) is 9.90 Å². The summed E-state index contributed by atoms with van der Waals surface area (Å²) in [5.74, 6) is 0.550. The Morgan fingerprint density at radius 3 is 2.72 bits per heavy atom. The van der Waals surface area contributed by atoms with Gasteiger partial charge in [0.05, 0.1) is 0 Å². The second-order valence-electron chi connectivity index (χ2n) is 4.40. The molecule has 0 aliphatic carbocycles. The number of hydrogen-bond donors (Lipinski definition) is 1. The minimum atomic E-state index is -0.573. The molecular weight excluding hydrogens is 228 g/mol. The molecule has 2 rings (SSSR count). The van der Waals surface area contributed by atoms with Crippen molar-refractivity contribution in [2.45, 2.75) is 66.0 Å². The summed E-state index contributed by atoms with van der Waals surface area (Å²) in [6.45, 7) is 8.60. The van der Waals surface area contributed by atoms with Gasteiger partial charge < -0.3 is 5.11 Å². The van der Waals surface area contributed by atoms with Crippen molar-refractivity contribution in [3.8, 4) is 0 Å². The third-order valence-electron chi connectivity index (χ3n) is 3.16. The predicted molar refractivity (Wildman–Crippen MR) is 72.8 cm³/mol. The highest BCUT2D eigenvalue weighted by molar-refractivity contribution is 5.19. The van der Waals surface area contributed by atoms with E-state index in [1.807, 2.05) is 20.8 Å². The van der Waals surface area contributed by atoms with E-state index in [4.69, 9.17) is 0 Å². The molecule has 4 heteroatoms. The van der Waals surface area contributed by atoms with Crippen LogP contribution in [-0.4, -0.2) is 14.7 Å². The first-order valence-corrected chi connectivity index (χ1v) is 6.93. The van der Waals surface area contributed by atoms with Gasteiger partial charge in [-0.1, -0.05) is 27.2 Å². The lowest BCUT2D eigenvalue weighted by atomic mass is 10.1. The quantitative estimate of drug-likeness (QED) is 0.879. The summed E-state index contributed by atoms with van der Waals surface area (Å²) >= 11 is 0. The third kappa shape index (κ3) is 2.80. The van der Waals surface area contributed by atoms with Crippen molar-refractivity contribution in [2.75, 3.05) is 0 Å². The topological polar surface area (TPSA) is 55.1 Å². The molecule has 0 spiro atoms. The summed E-state index contributed by atoms with van der Waals surface area (Å²) in [6, 6.07) is 0. The third-order valence-corrected chi connectivity index (χ3v) is 3.16. The number of hydrogen-bond acceptors (Lipinski definition) is 3. The van der Waals surface area contributed by atoms with Gasteiger partial charge in [-0.3, -0.25) is 9.36 Å². The lowest BCUT2D eigenvalue weighted by molar-refractivity contribution is 0.130. The first-order valence-electron chi connectivity index (χ1n) is 6.93. The molecule has 18 heavy (non-hydrogen) atoms. The van der Waals surface area contributed by atoms with Crippen molar-refractivity contribution in [1.82, 2.24) is 9.55 Å². The Balaban J connectivity index is 0.000000771. The second kappa shape index (κ2) is 6.69. The van der Waals surface area contributed by atoms with Crippen LogP contribution in [0.15, 0.2) is 4.79 Å². The average Bonchev–Trinajstić information content (AvgIpc) is 2.38. The van der Waals surface area contributed by atoms with Crippen LogP contribution in [0.4, 0.5) is 0 Å². The molecule has 0 aromatic carbocycles. The highest BCUT2D eigenvalue weighted by Gasteiger charge is 2.22. The van der Waals surface area contributed by atoms with E-state index in [0.717, 1.165) is 30.5 Å². The number of nitrogens with zero attached hydrogens (tertiary/aromatic N) is 2. The fourth-order valence-electron chi connectivity index (χ4n) is 2.30. The Morgan fingerprint density at radius 2 is 2.11 bits per heavy atom. The SMILES string of the molecule is CC.CCCc1c(C)nc2n(c1=O)CCCC2O. The smallest absolute Gasteiger partial charge is 0.257 e. The van der Waals surface area contributed by atoms with E-state index in [-0.39, 0.29) is 5.56 Å². The van der Waals surface area contributed by atoms with Gasteiger partial charge in [0.1, 0.15) is 11.9 Å². The molecule has 0 radical (unpaired) electrons. The Morgan fingerprint density at radius 1 is 1.44 bits per heavy atom. The monoisotopic (exact) mass is 252 g/mol. The molecule has 1 atom stereocenters. The zero-order valence-electron chi connectivity index (χ0n) is 11.9. The van der Waals surface area contributed by atoms with Gasteiger partial charge in [-0.2, -0.15) is 0 Å². The fraction of sp³-hybridized carbons (Fsp3) is 0.714. The van der Waals surface area contributed by atoms with E-state index in [0.29, 0.717) is 18.8 Å². The highest BCUT2D eigenvalue weighted by Crippen LogP contribution is 2.22. The summed E-state index contributed by atoms with van der Waals surface area (Å²) < 4.78 is 1.64. The van der Waals surface area contributed by atoms with Gasteiger partial charge >= 0.3 is 0 Å². The minimum absolute atomic E-state index is 0.0445. The molecule has 1 aliphatic rings. The molecule has 1 aromatic rings. The van der Waals surface area contributed by atoms with Gasteiger partial charge in [0, 0.05) is 17.8 Å². The van der Waals surface area contributed by atoms with Gasteiger partial charge in [-0.05, 0) is 26.2 Å². The number of aliphatic hydroxyl groups excluding tert-OH is 1. The van der Waals surface area contributed by atoms with Crippen molar-refractivity contribution < 1.29 is 5.11 Å². The lowest BCUT2D eigenvalue weighted by Crippen LogP contribution is -2.33. The lowest BCUT2D eigenvalue weighted by Gasteiger charge is -2.23. The molecule has 2 heterocycles. The summed E-state index contributed by atoms with van der Waals surface area (Å²) in [5.41, 5.74) is 1.63. The van der Waals surface area contributed by atoms with Crippen LogP contribution >= 0.6 is 0 Å². The van der Waals surface area contributed by atoms with Crippen molar-refractivity contribution in [3.63, 3.8) is 0 Å². The fourth-order valence-corrected chi connectivity index (χ4v) is 2.30. The molecule has 0 bridgehead atoms. The van der Waals surface area contributed by atoms with Crippen molar-refractivity contribution >= 4 is 0 Å². The van der Waals surface area contributed by atoms with Crippen molar-refractivity contribution in [3.05, 3.63) is 27.4 Å². The van der Waals surface area contributed by atoms with Crippen LogP contribution in [-0.2, 0) is 13.0 Å². The number of aryl methyl sites for hydroxylation is 1. The first-order chi connectivity index (χ1) is 8.65. The molecule has 0 saturated carbocycles. The van der Waals surface area contributed by atoms with Gasteiger partial charge in [-0.15, -0.1) is 0 Å². The highest BCUT2D eigenvalue weighted by atomic mass is 16.3. The average molecular weight is 252 g/mol. The van der Waals surface area contributed by atoms with Crippen LogP contribution in [0.2, 0.25) is 0 Å². The normalized spacial score (nSPS) is 17.7. The molecule has 0 saturated heterocycles. The van der Waals surface area contributed by atoms with Crippen LogP contribution in [0, 0.1) is 6.92 Å². The molecule has 0 amide bonds. The number of fused-ring (bicyclic) bond motifs is 1. The van der Waals surface area contributed by atoms with Gasteiger partial charge in [0.2, 0.25) is 0 Å². The number of aromatic nitrogens is 2. The van der Waals surface area contributed by atoms with E-state index in [2.05, 4.69) is 11.9 Å². The number of rotatable bonds is 2. The van der Waals surface area contributed by atoms with E-state index in [1.54, 1.807) is 4.57 Å². The van der Waals surface area contributed by atoms with Gasteiger partial charge in [0.15, 0.2) is 0 Å². The molecule has 1 aliphatic heterocycles. The molecule has 0 fully saturated rings. The van der Waals surface area contributed by atoms with Crippen molar-refractivity contribution in [1.29, 1.82) is 0 Å². The van der Waals surface area contributed by atoms with Gasteiger partial charge in [0.25, 0.3) is 5.56 Å². The molecule has 1 aromatic heterocycles. The maximum Gasteiger partial charge on any atom is 0.257 e. The maximum absolute atomic E-state index is 12.2. The zero-order valence-corrected chi connectivity index (χ0v) is 11.9. The van der Waals surface area contributed by atoms with Crippen LogP contribution in [0.25, 0.3) is 0 Å². The maximum atomic E-state index is 12.2. The molecule has 1 unspecified atom stereocenters. The molecule has 1 N–H and O–H groups in total. The largest absolute Gasteiger partial charge is 0.385 e. The van der Waals surface area contributed by atoms with Crippen LogP contribution in [0.5, 0.6) is 0 Å².